The minimum absolute atomic E-state index is 0.0419. The zero-order valence-corrected chi connectivity index (χ0v) is 14.1. The Morgan fingerprint density at radius 2 is 2.24 bits per heavy atom. The number of nitrogen functional groups attached to an aromatic ring is 1. The summed E-state index contributed by atoms with van der Waals surface area (Å²) in [6.07, 6.45) is 0. The monoisotopic (exact) mass is 328 g/mol. The first-order valence-electron chi connectivity index (χ1n) is 6.98. The van der Waals surface area contributed by atoms with E-state index >= 15 is 0 Å². The molecule has 1 aromatic carbocycles. The zero-order valence-electron chi connectivity index (χ0n) is 12.6. The number of ether oxygens (including phenoxy) is 1. The van der Waals surface area contributed by atoms with Crippen LogP contribution in [-0.2, 0) is 0 Å². The highest BCUT2D eigenvalue weighted by Gasteiger charge is 2.28. The second kappa shape index (κ2) is 6.79. The molecule has 1 aliphatic heterocycles. The summed E-state index contributed by atoms with van der Waals surface area (Å²) in [7, 11) is 1.53. The number of hydrogen-bond donors (Lipinski definition) is 1. The van der Waals surface area contributed by atoms with Crippen molar-refractivity contribution in [2.45, 2.75) is 19.1 Å². The summed E-state index contributed by atoms with van der Waals surface area (Å²) in [5.41, 5.74) is 6.66. The number of benzene rings is 1. The maximum absolute atomic E-state index is 12.7. The molecule has 1 unspecified atom stereocenters. The van der Waals surface area contributed by atoms with E-state index in [1.807, 2.05) is 16.7 Å². The van der Waals surface area contributed by atoms with Crippen LogP contribution in [0.15, 0.2) is 12.1 Å². The Hall–Kier alpha value is -1.07. The van der Waals surface area contributed by atoms with Gasteiger partial charge >= 0.3 is 0 Å². The second-order valence-electron chi connectivity index (χ2n) is 5.48. The lowest BCUT2D eigenvalue weighted by atomic mass is 10.1. The van der Waals surface area contributed by atoms with Crippen LogP contribution in [0.3, 0.4) is 0 Å². The molecule has 0 bridgehead atoms. The van der Waals surface area contributed by atoms with Gasteiger partial charge < -0.3 is 15.4 Å². The number of thioether (sulfide) groups is 1. The second-order valence-corrected chi connectivity index (χ2v) is 7.23. The molecule has 1 saturated heterocycles. The third-order valence-electron chi connectivity index (χ3n) is 3.67. The molecule has 0 aliphatic carbocycles. The highest BCUT2D eigenvalue weighted by Crippen LogP contribution is 2.31. The minimum Gasteiger partial charge on any atom is -0.496 e. The quantitative estimate of drug-likeness (QED) is 0.866. The van der Waals surface area contributed by atoms with E-state index in [0.717, 1.165) is 18.8 Å². The van der Waals surface area contributed by atoms with Crippen LogP contribution in [0.2, 0.25) is 5.02 Å². The summed E-state index contributed by atoms with van der Waals surface area (Å²) >= 11 is 7.98. The molecule has 21 heavy (non-hydrogen) atoms. The summed E-state index contributed by atoms with van der Waals surface area (Å²) < 4.78 is 5.28. The Bertz CT molecular complexity index is 537. The van der Waals surface area contributed by atoms with E-state index in [1.54, 1.807) is 12.1 Å². The zero-order chi connectivity index (χ0) is 15.6. The number of rotatable bonds is 3. The molecular weight excluding hydrogens is 308 g/mol. The van der Waals surface area contributed by atoms with Crippen LogP contribution in [-0.4, -0.2) is 42.0 Å². The number of nitrogens with zero attached hydrogens (tertiary/aromatic N) is 1. The summed E-state index contributed by atoms with van der Waals surface area (Å²) in [6, 6.07) is 3.21. The molecule has 0 aromatic heterocycles. The lowest BCUT2D eigenvalue weighted by Crippen LogP contribution is -2.43. The summed E-state index contributed by atoms with van der Waals surface area (Å²) in [4.78, 5) is 14.6. The maximum Gasteiger partial charge on any atom is 0.257 e. The van der Waals surface area contributed by atoms with Crippen molar-refractivity contribution < 1.29 is 9.53 Å². The lowest BCUT2D eigenvalue weighted by Gasteiger charge is -2.34. The average molecular weight is 329 g/mol. The smallest absolute Gasteiger partial charge is 0.257 e. The Labute approximate surface area is 135 Å². The lowest BCUT2D eigenvalue weighted by molar-refractivity contribution is 0.0752. The largest absolute Gasteiger partial charge is 0.496 e. The van der Waals surface area contributed by atoms with Crippen LogP contribution in [0.5, 0.6) is 5.75 Å². The van der Waals surface area contributed by atoms with Gasteiger partial charge in [0.1, 0.15) is 5.75 Å². The number of nitrogens with two attached hydrogens (primary N) is 1. The van der Waals surface area contributed by atoms with Crippen molar-refractivity contribution in [1.29, 1.82) is 0 Å². The fourth-order valence-electron chi connectivity index (χ4n) is 2.34. The number of halogens is 1. The van der Waals surface area contributed by atoms with Gasteiger partial charge in [0, 0.05) is 30.2 Å². The predicted octanol–water partition coefficient (Wildman–Crippen LogP) is 3.14. The van der Waals surface area contributed by atoms with Gasteiger partial charge in [0.15, 0.2) is 0 Å². The first kappa shape index (κ1) is 16.3. The maximum atomic E-state index is 12.7. The SMILES string of the molecule is COc1cc(N)c(Cl)cc1C(=O)N1CCSC(C(C)C)C1. The molecule has 0 spiro atoms. The van der Waals surface area contributed by atoms with Crippen LogP contribution in [0.4, 0.5) is 5.69 Å². The Morgan fingerprint density at radius 3 is 2.86 bits per heavy atom. The van der Waals surface area contributed by atoms with E-state index in [1.165, 1.54) is 7.11 Å². The fraction of sp³-hybridized carbons (Fsp3) is 0.533. The molecule has 1 heterocycles. The molecule has 0 saturated carbocycles. The van der Waals surface area contributed by atoms with Crippen molar-refractivity contribution in [3.05, 3.63) is 22.7 Å². The summed E-state index contributed by atoms with van der Waals surface area (Å²) in [5, 5.41) is 0.851. The van der Waals surface area contributed by atoms with E-state index in [9.17, 15) is 4.79 Å². The van der Waals surface area contributed by atoms with Gasteiger partial charge in [-0.3, -0.25) is 4.79 Å². The van der Waals surface area contributed by atoms with E-state index in [2.05, 4.69) is 13.8 Å². The van der Waals surface area contributed by atoms with Gasteiger partial charge in [-0.05, 0) is 12.0 Å². The molecule has 6 heteroatoms. The van der Waals surface area contributed by atoms with Gasteiger partial charge in [-0.25, -0.2) is 0 Å². The van der Waals surface area contributed by atoms with Crippen LogP contribution in [0.25, 0.3) is 0 Å². The van der Waals surface area contributed by atoms with Crippen molar-refractivity contribution in [2.24, 2.45) is 5.92 Å². The highest BCUT2D eigenvalue weighted by molar-refractivity contribution is 8.00. The molecule has 0 radical (unpaired) electrons. The predicted molar refractivity (Wildman–Crippen MR) is 89.4 cm³/mol. The van der Waals surface area contributed by atoms with Crippen LogP contribution in [0.1, 0.15) is 24.2 Å². The van der Waals surface area contributed by atoms with Gasteiger partial charge in [0.05, 0.1) is 23.4 Å². The topological polar surface area (TPSA) is 55.6 Å². The molecule has 1 fully saturated rings. The van der Waals surface area contributed by atoms with Crippen LogP contribution >= 0.6 is 23.4 Å². The van der Waals surface area contributed by atoms with Gasteiger partial charge in [-0.1, -0.05) is 25.4 Å². The molecule has 116 valence electrons. The van der Waals surface area contributed by atoms with Gasteiger partial charge in [0.2, 0.25) is 0 Å². The standard InChI is InChI=1S/C15H21ClN2O2S/c1-9(2)14-8-18(4-5-21-14)15(19)10-6-11(16)12(17)7-13(10)20-3/h6-7,9,14H,4-5,8,17H2,1-3H3. The van der Waals surface area contributed by atoms with Gasteiger partial charge in [0.25, 0.3) is 5.91 Å². The first-order valence-corrected chi connectivity index (χ1v) is 8.40. The minimum atomic E-state index is -0.0419. The first-order chi connectivity index (χ1) is 9.93. The third-order valence-corrected chi connectivity index (χ3v) is 5.54. The van der Waals surface area contributed by atoms with Crippen molar-refractivity contribution in [2.75, 3.05) is 31.7 Å². The normalized spacial score (nSPS) is 18.9. The number of amides is 1. The van der Waals surface area contributed by atoms with Crippen molar-refractivity contribution >= 4 is 35.0 Å². The van der Waals surface area contributed by atoms with Crippen molar-refractivity contribution in [3.63, 3.8) is 0 Å². The van der Waals surface area contributed by atoms with Gasteiger partial charge in [-0.2, -0.15) is 11.8 Å². The van der Waals surface area contributed by atoms with Crippen LogP contribution < -0.4 is 10.5 Å². The van der Waals surface area contributed by atoms with E-state index in [4.69, 9.17) is 22.1 Å². The van der Waals surface area contributed by atoms with Gasteiger partial charge in [-0.15, -0.1) is 0 Å². The van der Waals surface area contributed by atoms with Crippen LogP contribution in [0, 0.1) is 5.92 Å². The van der Waals surface area contributed by atoms with E-state index in [-0.39, 0.29) is 5.91 Å². The molecule has 1 aliphatic rings. The molecule has 2 rings (SSSR count). The molecule has 1 atom stereocenters. The van der Waals surface area contributed by atoms with Crippen molar-refractivity contribution in [1.82, 2.24) is 4.90 Å². The Kier molecular flexibility index (Phi) is 5.27. The fourth-order valence-corrected chi connectivity index (χ4v) is 3.80. The summed E-state index contributed by atoms with van der Waals surface area (Å²) in [5.74, 6) is 1.93. The summed E-state index contributed by atoms with van der Waals surface area (Å²) in [6.45, 7) is 5.88. The molecule has 1 amide bonds. The van der Waals surface area contributed by atoms with Crippen molar-refractivity contribution in [3.8, 4) is 5.75 Å². The number of carbonyl (C=O) groups is 1. The molecule has 1 aromatic rings. The number of methoxy groups -OCH3 is 1. The highest BCUT2D eigenvalue weighted by atomic mass is 35.5. The molecule has 4 nitrogen and oxygen atoms in total. The number of anilines is 1. The number of hydrogen-bond acceptors (Lipinski definition) is 4. The Morgan fingerprint density at radius 1 is 1.52 bits per heavy atom. The molecule has 2 N–H and O–H groups in total. The van der Waals surface area contributed by atoms with E-state index in [0.29, 0.717) is 33.2 Å². The molecular formula is C15H21ClN2O2S. The third kappa shape index (κ3) is 3.58. The Balaban J connectivity index is 2.25. The van der Waals surface area contributed by atoms with E-state index < -0.39 is 0 Å². The number of carbonyl (C=O) groups excluding carboxylic acids is 1. The average Bonchev–Trinajstić information content (AvgIpc) is 2.48.